The molecule has 5 nitrogen and oxygen atoms in total. The first-order chi connectivity index (χ1) is 13.9. The summed E-state index contributed by atoms with van der Waals surface area (Å²) in [6.07, 6.45) is 1.97. The fourth-order valence-corrected chi connectivity index (χ4v) is 4.23. The summed E-state index contributed by atoms with van der Waals surface area (Å²) in [5.41, 5.74) is 3.91. The van der Waals surface area contributed by atoms with Crippen LogP contribution in [0, 0.1) is 13.8 Å². The molecule has 4 rings (SSSR count). The van der Waals surface area contributed by atoms with Crippen LogP contribution in [0.1, 0.15) is 37.7 Å². The highest BCUT2D eigenvalue weighted by atomic mass is 32.1. The van der Waals surface area contributed by atoms with Crippen LogP contribution in [-0.2, 0) is 0 Å². The molecule has 6 heteroatoms. The molecular weight excluding hydrogens is 384 g/mol. The number of hydrogen-bond donors (Lipinski definition) is 2. The summed E-state index contributed by atoms with van der Waals surface area (Å²) in [6, 6.07) is 17.7. The second-order valence-corrected chi connectivity index (χ2v) is 7.79. The van der Waals surface area contributed by atoms with Gasteiger partial charge in [0.25, 0.3) is 5.56 Å². The molecule has 29 heavy (non-hydrogen) atoms. The van der Waals surface area contributed by atoms with E-state index in [0.29, 0.717) is 21.6 Å². The molecule has 0 radical (unpaired) electrons. The largest absolute Gasteiger partial charge is 0.477 e. The van der Waals surface area contributed by atoms with Crippen LogP contribution < -0.4 is 5.56 Å². The maximum Gasteiger partial charge on any atom is 0.346 e. The molecule has 0 aliphatic carbocycles. The molecule has 2 heterocycles. The Morgan fingerprint density at radius 2 is 1.76 bits per heavy atom. The fourth-order valence-electron chi connectivity index (χ4n) is 3.21. The molecule has 0 atom stereocenters. The molecule has 0 aliphatic rings. The van der Waals surface area contributed by atoms with Crippen molar-refractivity contribution in [1.82, 2.24) is 9.97 Å². The van der Waals surface area contributed by atoms with Crippen LogP contribution in [0.15, 0.2) is 59.4 Å². The van der Waals surface area contributed by atoms with Gasteiger partial charge in [0.2, 0.25) is 0 Å². The molecule has 0 amide bonds. The highest BCUT2D eigenvalue weighted by molar-refractivity contribution is 7.20. The predicted molar refractivity (Wildman–Crippen MR) is 117 cm³/mol. The zero-order chi connectivity index (χ0) is 20.5. The normalized spacial score (nSPS) is 11.7. The van der Waals surface area contributed by atoms with Crippen molar-refractivity contribution >= 4 is 39.2 Å². The highest BCUT2D eigenvalue weighted by Crippen LogP contribution is 2.29. The van der Waals surface area contributed by atoms with Gasteiger partial charge in [-0.2, -0.15) is 0 Å². The minimum Gasteiger partial charge on any atom is -0.477 e. The van der Waals surface area contributed by atoms with Crippen molar-refractivity contribution in [2.24, 2.45) is 0 Å². The Balaban J connectivity index is 1.95. The minimum absolute atomic E-state index is 0.138. The second-order valence-electron chi connectivity index (χ2n) is 6.79. The van der Waals surface area contributed by atoms with Gasteiger partial charge < -0.3 is 10.1 Å². The first-order valence-electron chi connectivity index (χ1n) is 9.05. The second kappa shape index (κ2) is 7.48. The molecular formula is C23H18N2O3S. The number of carbonyl (C=O) groups is 1. The SMILES string of the molecule is Cc1ccc(/C=C(/c2ccccc2)c2nc3sc(C(=O)O)c(C)c3c(=O)[nH]2)cc1. The van der Waals surface area contributed by atoms with Crippen LogP contribution in [0.3, 0.4) is 0 Å². The monoisotopic (exact) mass is 402 g/mol. The Morgan fingerprint density at radius 1 is 1.07 bits per heavy atom. The number of hydrogen-bond acceptors (Lipinski definition) is 4. The lowest BCUT2D eigenvalue weighted by molar-refractivity contribution is 0.0701. The summed E-state index contributed by atoms with van der Waals surface area (Å²) in [5.74, 6) is -0.641. The topological polar surface area (TPSA) is 83.0 Å². The van der Waals surface area contributed by atoms with Crippen molar-refractivity contribution in [3.05, 3.63) is 97.9 Å². The number of aromatic amines is 1. The van der Waals surface area contributed by atoms with Crippen molar-refractivity contribution in [3.63, 3.8) is 0 Å². The molecule has 0 unspecified atom stereocenters. The van der Waals surface area contributed by atoms with E-state index in [2.05, 4.69) is 9.97 Å². The summed E-state index contributed by atoms with van der Waals surface area (Å²) in [5, 5.41) is 9.72. The smallest absolute Gasteiger partial charge is 0.346 e. The summed E-state index contributed by atoms with van der Waals surface area (Å²) >= 11 is 1.02. The number of thiophene rings is 1. The van der Waals surface area contributed by atoms with E-state index >= 15 is 0 Å². The number of H-pyrrole nitrogens is 1. The summed E-state index contributed by atoms with van der Waals surface area (Å²) in [4.78, 5) is 32.3. The molecule has 0 saturated carbocycles. The Hall–Kier alpha value is -3.51. The molecule has 0 bridgehead atoms. The summed E-state index contributed by atoms with van der Waals surface area (Å²) in [7, 11) is 0. The van der Waals surface area contributed by atoms with Crippen LogP contribution in [-0.4, -0.2) is 21.0 Å². The van der Waals surface area contributed by atoms with Gasteiger partial charge in [-0.25, -0.2) is 9.78 Å². The van der Waals surface area contributed by atoms with E-state index in [-0.39, 0.29) is 10.4 Å². The number of aryl methyl sites for hydroxylation is 2. The molecule has 2 aromatic heterocycles. The third-order valence-electron chi connectivity index (χ3n) is 4.72. The van der Waals surface area contributed by atoms with Crippen molar-refractivity contribution in [2.75, 3.05) is 0 Å². The van der Waals surface area contributed by atoms with Crippen LogP contribution in [0.25, 0.3) is 21.9 Å². The predicted octanol–water partition coefficient (Wildman–Crippen LogP) is 4.89. The van der Waals surface area contributed by atoms with Crippen molar-refractivity contribution in [2.45, 2.75) is 13.8 Å². The number of rotatable bonds is 4. The Labute approximate surface area is 171 Å². The first kappa shape index (κ1) is 18.8. The fraction of sp³-hybridized carbons (Fsp3) is 0.0870. The standard InChI is InChI=1S/C23H18N2O3S/c1-13-8-10-15(11-9-13)12-17(16-6-4-3-5-7-16)20-24-21(26)18-14(2)19(23(27)28)29-22(18)25-20/h3-12H,1-2H3,(H,27,28)(H,24,25,26)/b17-12-. The van der Waals surface area contributed by atoms with E-state index in [1.54, 1.807) is 6.92 Å². The van der Waals surface area contributed by atoms with E-state index in [9.17, 15) is 14.7 Å². The van der Waals surface area contributed by atoms with Crippen LogP contribution in [0.4, 0.5) is 0 Å². The summed E-state index contributed by atoms with van der Waals surface area (Å²) in [6.45, 7) is 3.66. The van der Waals surface area contributed by atoms with Gasteiger partial charge in [-0.05, 0) is 36.6 Å². The van der Waals surface area contributed by atoms with Gasteiger partial charge in [0.05, 0.1) is 5.39 Å². The van der Waals surface area contributed by atoms with E-state index in [0.717, 1.165) is 33.6 Å². The van der Waals surface area contributed by atoms with E-state index in [1.807, 2.05) is 67.6 Å². The van der Waals surface area contributed by atoms with Gasteiger partial charge in [0.1, 0.15) is 15.5 Å². The zero-order valence-corrected chi connectivity index (χ0v) is 16.7. The highest BCUT2D eigenvalue weighted by Gasteiger charge is 2.19. The Bertz CT molecular complexity index is 1300. The number of aromatic nitrogens is 2. The van der Waals surface area contributed by atoms with Gasteiger partial charge >= 0.3 is 5.97 Å². The molecule has 144 valence electrons. The number of nitrogens with zero attached hydrogens (tertiary/aromatic N) is 1. The third kappa shape index (κ3) is 3.62. The molecule has 0 saturated heterocycles. The molecule has 4 aromatic rings. The number of carboxylic acid groups (broad SMARTS) is 1. The van der Waals surface area contributed by atoms with E-state index in [1.165, 1.54) is 0 Å². The quantitative estimate of drug-likeness (QED) is 0.476. The molecule has 2 N–H and O–H groups in total. The lowest BCUT2D eigenvalue weighted by atomic mass is 10.0. The Kier molecular flexibility index (Phi) is 4.86. The zero-order valence-electron chi connectivity index (χ0n) is 15.9. The average molecular weight is 402 g/mol. The number of benzene rings is 2. The van der Waals surface area contributed by atoms with E-state index in [4.69, 9.17) is 0 Å². The number of carboxylic acids is 1. The average Bonchev–Trinajstić information content (AvgIpc) is 3.05. The number of aromatic carboxylic acids is 1. The van der Waals surface area contributed by atoms with Gasteiger partial charge in [0.15, 0.2) is 0 Å². The minimum atomic E-state index is -1.05. The maximum absolute atomic E-state index is 12.8. The van der Waals surface area contributed by atoms with Crippen LogP contribution in [0.2, 0.25) is 0 Å². The number of nitrogens with one attached hydrogen (secondary N) is 1. The van der Waals surface area contributed by atoms with Gasteiger partial charge in [0, 0.05) is 5.57 Å². The van der Waals surface area contributed by atoms with Crippen molar-refractivity contribution in [3.8, 4) is 0 Å². The van der Waals surface area contributed by atoms with E-state index < -0.39 is 5.97 Å². The molecule has 2 aromatic carbocycles. The van der Waals surface area contributed by atoms with Gasteiger partial charge in [-0.3, -0.25) is 4.79 Å². The summed E-state index contributed by atoms with van der Waals surface area (Å²) < 4.78 is 0. The number of fused-ring (bicyclic) bond motifs is 1. The van der Waals surface area contributed by atoms with Crippen LogP contribution in [0.5, 0.6) is 0 Å². The Morgan fingerprint density at radius 3 is 2.41 bits per heavy atom. The molecule has 0 fully saturated rings. The van der Waals surface area contributed by atoms with Crippen molar-refractivity contribution in [1.29, 1.82) is 0 Å². The molecule has 0 aliphatic heterocycles. The lowest BCUT2D eigenvalue weighted by Gasteiger charge is -2.08. The van der Waals surface area contributed by atoms with Gasteiger partial charge in [-0.15, -0.1) is 11.3 Å². The van der Waals surface area contributed by atoms with Crippen LogP contribution >= 0.6 is 11.3 Å². The van der Waals surface area contributed by atoms with Gasteiger partial charge in [-0.1, -0.05) is 60.2 Å². The lowest BCUT2D eigenvalue weighted by Crippen LogP contribution is -2.11. The van der Waals surface area contributed by atoms with Crippen molar-refractivity contribution < 1.29 is 9.90 Å². The maximum atomic E-state index is 12.8. The first-order valence-corrected chi connectivity index (χ1v) is 9.86. The third-order valence-corrected chi connectivity index (χ3v) is 5.90. The molecule has 0 spiro atoms.